The molecule has 0 saturated carbocycles. The minimum atomic E-state index is -0.870. The predicted molar refractivity (Wildman–Crippen MR) is 114 cm³/mol. The van der Waals surface area contributed by atoms with Crippen molar-refractivity contribution in [3.05, 3.63) is 48.6 Å². The van der Waals surface area contributed by atoms with Crippen molar-refractivity contribution >= 4 is 0 Å². The van der Waals surface area contributed by atoms with Crippen LogP contribution in [0.2, 0.25) is 0 Å². The topological polar surface area (TPSA) is 69.9 Å². The van der Waals surface area contributed by atoms with Gasteiger partial charge in [-0.1, -0.05) is 68.4 Å². The van der Waals surface area contributed by atoms with Crippen LogP contribution in [0.25, 0.3) is 0 Å². The second kappa shape index (κ2) is 21.1. The molecule has 0 aromatic heterocycles. The average molecular weight is 381 g/mol. The van der Waals surface area contributed by atoms with Crippen LogP contribution in [-0.2, 0) is 4.74 Å². The van der Waals surface area contributed by atoms with E-state index in [1.165, 1.54) is 25.7 Å². The van der Waals surface area contributed by atoms with Crippen molar-refractivity contribution in [1.82, 2.24) is 0 Å². The standard InChI is InChI=1S/C23H40O4/c1-2-3-4-5-6-7-8-9-10-11-12-13-14-15-16-17-18-22(25)20-27-21-23(26)19-24/h6-7,9-10,12-13,15-16,22-26H,2-5,8,11,14,17-21H2,1H3/b7-6-,10-9-,13-12-,16-15-. The SMILES string of the molecule is CCCCC/C=C\C/C=C\C/C=C\C/C=C\CCC(O)COCC(O)CO. The first-order chi connectivity index (χ1) is 13.2. The van der Waals surface area contributed by atoms with Gasteiger partial charge in [0, 0.05) is 0 Å². The Balaban J connectivity index is 3.50. The minimum Gasteiger partial charge on any atom is -0.394 e. The first-order valence-electron chi connectivity index (χ1n) is 10.3. The maximum Gasteiger partial charge on any atom is 0.100 e. The van der Waals surface area contributed by atoms with E-state index in [1.807, 2.05) is 0 Å². The van der Waals surface area contributed by atoms with Crippen LogP contribution in [0.15, 0.2) is 48.6 Å². The highest BCUT2D eigenvalue weighted by atomic mass is 16.5. The molecular weight excluding hydrogens is 340 g/mol. The molecule has 0 saturated heterocycles. The van der Waals surface area contributed by atoms with E-state index in [2.05, 4.69) is 55.5 Å². The molecule has 4 nitrogen and oxygen atoms in total. The molecule has 0 aliphatic rings. The highest BCUT2D eigenvalue weighted by Crippen LogP contribution is 2.02. The highest BCUT2D eigenvalue weighted by Gasteiger charge is 2.06. The molecule has 0 aromatic rings. The molecule has 0 spiro atoms. The minimum absolute atomic E-state index is 0.0535. The van der Waals surface area contributed by atoms with E-state index in [0.717, 1.165) is 25.7 Å². The van der Waals surface area contributed by atoms with Crippen molar-refractivity contribution < 1.29 is 20.1 Å². The second-order valence-electron chi connectivity index (χ2n) is 6.69. The number of ether oxygens (including phenoxy) is 1. The van der Waals surface area contributed by atoms with E-state index < -0.39 is 12.2 Å². The molecule has 4 heteroatoms. The molecule has 0 rings (SSSR count). The van der Waals surface area contributed by atoms with Crippen LogP contribution in [0.5, 0.6) is 0 Å². The van der Waals surface area contributed by atoms with Crippen LogP contribution in [0.1, 0.15) is 64.7 Å². The zero-order chi connectivity index (χ0) is 20.0. The molecule has 0 aliphatic carbocycles. The summed E-state index contributed by atoms with van der Waals surface area (Å²) in [6.07, 6.45) is 25.4. The molecule has 0 radical (unpaired) electrons. The van der Waals surface area contributed by atoms with Crippen molar-refractivity contribution in [3.8, 4) is 0 Å². The fourth-order valence-corrected chi connectivity index (χ4v) is 2.33. The lowest BCUT2D eigenvalue weighted by Crippen LogP contribution is -2.23. The van der Waals surface area contributed by atoms with Gasteiger partial charge in [-0.15, -0.1) is 0 Å². The Kier molecular flexibility index (Phi) is 20.2. The summed E-state index contributed by atoms with van der Waals surface area (Å²) < 4.78 is 5.12. The molecule has 0 fully saturated rings. The summed E-state index contributed by atoms with van der Waals surface area (Å²) in [5.74, 6) is 0. The van der Waals surface area contributed by atoms with E-state index in [-0.39, 0.29) is 19.8 Å². The van der Waals surface area contributed by atoms with Crippen LogP contribution in [-0.4, -0.2) is 47.3 Å². The zero-order valence-corrected chi connectivity index (χ0v) is 17.0. The molecular formula is C23H40O4. The number of rotatable bonds is 18. The Morgan fingerprint density at radius 1 is 0.704 bits per heavy atom. The summed E-state index contributed by atoms with van der Waals surface area (Å²) in [6, 6.07) is 0. The predicted octanol–water partition coefficient (Wildman–Crippen LogP) is 4.47. The lowest BCUT2D eigenvalue weighted by Gasteiger charge is -2.12. The third-order valence-corrected chi connectivity index (χ3v) is 3.96. The van der Waals surface area contributed by atoms with Gasteiger partial charge in [-0.05, 0) is 44.9 Å². The van der Waals surface area contributed by atoms with E-state index in [1.54, 1.807) is 0 Å². The van der Waals surface area contributed by atoms with Crippen LogP contribution >= 0.6 is 0 Å². The lowest BCUT2D eigenvalue weighted by atomic mass is 10.2. The van der Waals surface area contributed by atoms with E-state index >= 15 is 0 Å². The molecule has 0 heterocycles. The van der Waals surface area contributed by atoms with Crippen LogP contribution < -0.4 is 0 Å². The van der Waals surface area contributed by atoms with Gasteiger partial charge in [0.2, 0.25) is 0 Å². The molecule has 3 N–H and O–H groups in total. The fourth-order valence-electron chi connectivity index (χ4n) is 2.33. The van der Waals surface area contributed by atoms with Crippen molar-refractivity contribution in [1.29, 1.82) is 0 Å². The Hall–Kier alpha value is -1.20. The first kappa shape index (κ1) is 25.8. The number of hydrogen-bond acceptors (Lipinski definition) is 4. The van der Waals surface area contributed by atoms with Gasteiger partial charge in [-0.2, -0.15) is 0 Å². The van der Waals surface area contributed by atoms with Crippen molar-refractivity contribution in [2.45, 2.75) is 76.9 Å². The fraction of sp³-hybridized carbons (Fsp3) is 0.652. The van der Waals surface area contributed by atoms with Gasteiger partial charge >= 0.3 is 0 Å². The van der Waals surface area contributed by atoms with Gasteiger partial charge in [-0.3, -0.25) is 0 Å². The molecule has 2 unspecified atom stereocenters. The highest BCUT2D eigenvalue weighted by molar-refractivity contribution is 4.99. The van der Waals surface area contributed by atoms with Crippen molar-refractivity contribution in [2.24, 2.45) is 0 Å². The Bertz CT molecular complexity index is 413. The van der Waals surface area contributed by atoms with Gasteiger partial charge in [0.05, 0.1) is 25.9 Å². The van der Waals surface area contributed by atoms with Gasteiger partial charge in [-0.25, -0.2) is 0 Å². The molecule has 0 aromatic carbocycles. The largest absolute Gasteiger partial charge is 0.394 e. The van der Waals surface area contributed by atoms with Crippen molar-refractivity contribution in [2.75, 3.05) is 19.8 Å². The van der Waals surface area contributed by atoms with Crippen LogP contribution in [0.3, 0.4) is 0 Å². The zero-order valence-electron chi connectivity index (χ0n) is 17.0. The molecule has 27 heavy (non-hydrogen) atoms. The Labute approximate surface area is 166 Å². The quantitative estimate of drug-likeness (QED) is 0.242. The maximum atomic E-state index is 9.72. The normalized spacial score (nSPS) is 15.0. The third kappa shape index (κ3) is 21.0. The number of allylic oxidation sites excluding steroid dienone is 8. The molecule has 0 aliphatic heterocycles. The number of aliphatic hydroxyl groups excluding tert-OH is 3. The monoisotopic (exact) mass is 380 g/mol. The van der Waals surface area contributed by atoms with E-state index in [4.69, 9.17) is 14.9 Å². The van der Waals surface area contributed by atoms with Gasteiger partial charge in [0.1, 0.15) is 6.10 Å². The third-order valence-electron chi connectivity index (χ3n) is 3.96. The van der Waals surface area contributed by atoms with Gasteiger partial charge in [0.15, 0.2) is 0 Å². The van der Waals surface area contributed by atoms with E-state index in [9.17, 15) is 5.11 Å². The van der Waals surface area contributed by atoms with Crippen LogP contribution in [0, 0.1) is 0 Å². The molecule has 0 amide bonds. The summed E-state index contributed by atoms with van der Waals surface area (Å²) in [5.41, 5.74) is 0. The summed E-state index contributed by atoms with van der Waals surface area (Å²) in [5, 5.41) is 27.5. The van der Waals surface area contributed by atoms with Gasteiger partial charge < -0.3 is 20.1 Å². The maximum absolute atomic E-state index is 9.72. The summed E-state index contributed by atoms with van der Waals surface area (Å²) in [7, 11) is 0. The van der Waals surface area contributed by atoms with Gasteiger partial charge in [0.25, 0.3) is 0 Å². The average Bonchev–Trinajstić information content (AvgIpc) is 2.67. The molecule has 2 atom stereocenters. The number of unbranched alkanes of at least 4 members (excludes halogenated alkanes) is 3. The lowest BCUT2D eigenvalue weighted by molar-refractivity contribution is -0.0255. The summed E-state index contributed by atoms with van der Waals surface area (Å²) in [4.78, 5) is 0. The smallest absolute Gasteiger partial charge is 0.100 e. The number of hydrogen-bond donors (Lipinski definition) is 3. The van der Waals surface area contributed by atoms with Crippen LogP contribution in [0.4, 0.5) is 0 Å². The summed E-state index contributed by atoms with van der Waals surface area (Å²) >= 11 is 0. The molecule has 0 bridgehead atoms. The van der Waals surface area contributed by atoms with Crippen molar-refractivity contribution in [3.63, 3.8) is 0 Å². The van der Waals surface area contributed by atoms with E-state index in [0.29, 0.717) is 6.42 Å². The second-order valence-corrected chi connectivity index (χ2v) is 6.69. The summed E-state index contributed by atoms with van der Waals surface area (Å²) in [6.45, 7) is 2.15. The Morgan fingerprint density at radius 3 is 1.78 bits per heavy atom. The first-order valence-corrected chi connectivity index (χ1v) is 10.3. The number of aliphatic hydroxyl groups is 3. The Morgan fingerprint density at radius 2 is 1.22 bits per heavy atom. The molecule has 156 valence electrons.